The fraction of sp³-hybridized carbons (Fsp3) is 0.167. The molecule has 0 radical (unpaired) electrons. The van der Waals surface area contributed by atoms with Gasteiger partial charge in [0.1, 0.15) is 29.6 Å². The summed E-state index contributed by atoms with van der Waals surface area (Å²) < 4.78 is 39.6. The summed E-state index contributed by atoms with van der Waals surface area (Å²) in [5.74, 6) is 1.26. The number of benzene rings is 1. The average molecular weight is 402 g/mol. The SMILES string of the molecule is Cc1ccnc(Nc2cc(NCCNS(=O)(=O)c3ccc(F)cc3)ncn2)c1. The number of rotatable bonds is 8. The Labute approximate surface area is 162 Å². The number of sulfonamides is 1. The Hall–Kier alpha value is -3.11. The number of aromatic nitrogens is 3. The van der Waals surface area contributed by atoms with Gasteiger partial charge in [-0.25, -0.2) is 32.5 Å². The van der Waals surface area contributed by atoms with Crippen LogP contribution in [0, 0.1) is 12.7 Å². The highest BCUT2D eigenvalue weighted by atomic mass is 32.2. The fourth-order valence-electron chi connectivity index (χ4n) is 2.33. The van der Waals surface area contributed by atoms with Gasteiger partial charge in [-0.15, -0.1) is 0 Å². The van der Waals surface area contributed by atoms with E-state index in [1.165, 1.54) is 18.5 Å². The zero-order chi connectivity index (χ0) is 20.0. The molecule has 2 heterocycles. The molecule has 0 saturated heterocycles. The summed E-state index contributed by atoms with van der Waals surface area (Å²) in [7, 11) is -3.69. The largest absolute Gasteiger partial charge is 0.369 e. The Morgan fingerprint density at radius 2 is 1.64 bits per heavy atom. The Bertz CT molecular complexity index is 1040. The molecule has 146 valence electrons. The lowest BCUT2D eigenvalue weighted by Gasteiger charge is -2.10. The Morgan fingerprint density at radius 3 is 2.39 bits per heavy atom. The minimum absolute atomic E-state index is 0.00748. The molecular formula is C18H19FN6O2S. The van der Waals surface area contributed by atoms with Crippen LogP contribution in [0.1, 0.15) is 5.56 Å². The highest BCUT2D eigenvalue weighted by Gasteiger charge is 2.13. The quantitative estimate of drug-likeness (QED) is 0.497. The van der Waals surface area contributed by atoms with Gasteiger partial charge in [-0.1, -0.05) is 0 Å². The van der Waals surface area contributed by atoms with Crippen molar-refractivity contribution in [2.75, 3.05) is 23.7 Å². The number of nitrogens with one attached hydrogen (secondary N) is 3. The second-order valence-electron chi connectivity index (χ2n) is 5.91. The van der Waals surface area contributed by atoms with Crippen molar-refractivity contribution in [2.45, 2.75) is 11.8 Å². The van der Waals surface area contributed by atoms with Crippen LogP contribution >= 0.6 is 0 Å². The van der Waals surface area contributed by atoms with E-state index < -0.39 is 15.8 Å². The van der Waals surface area contributed by atoms with E-state index in [-0.39, 0.29) is 11.4 Å². The molecule has 0 spiro atoms. The third-order valence-electron chi connectivity index (χ3n) is 3.69. The number of nitrogens with zero attached hydrogens (tertiary/aromatic N) is 3. The maximum atomic E-state index is 12.9. The van der Waals surface area contributed by atoms with E-state index in [4.69, 9.17) is 0 Å². The van der Waals surface area contributed by atoms with E-state index in [9.17, 15) is 12.8 Å². The van der Waals surface area contributed by atoms with Gasteiger partial charge < -0.3 is 10.6 Å². The van der Waals surface area contributed by atoms with Crippen LogP contribution in [0.25, 0.3) is 0 Å². The topological polar surface area (TPSA) is 109 Å². The number of halogens is 1. The molecule has 0 bridgehead atoms. The molecule has 3 aromatic rings. The van der Waals surface area contributed by atoms with Crippen LogP contribution in [0.2, 0.25) is 0 Å². The molecule has 2 aromatic heterocycles. The number of hydrogen-bond acceptors (Lipinski definition) is 7. The Kier molecular flexibility index (Phi) is 6.12. The second kappa shape index (κ2) is 8.72. The van der Waals surface area contributed by atoms with Crippen molar-refractivity contribution >= 4 is 27.5 Å². The summed E-state index contributed by atoms with van der Waals surface area (Å²) in [6, 6.07) is 10.1. The molecule has 1 aromatic carbocycles. The number of pyridine rings is 1. The summed E-state index contributed by atoms with van der Waals surface area (Å²) in [4.78, 5) is 12.4. The first kappa shape index (κ1) is 19.6. The van der Waals surface area contributed by atoms with E-state index in [1.807, 2.05) is 19.1 Å². The zero-order valence-corrected chi connectivity index (χ0v) is 15.9. The third kappa shape index (κ3) is 5.44. The second-order valence-corrected chi connectivity index (χ2v) is 7.68. The maximum absolute atomic E-state index is 12.9. The molecule has 0 unspecified atom stereocenters. The molecule has 0 atom stereocenters. The molecule has 8 nitrogen and oxygen atoms in total. The Morgan fingerprint density at radius 1 is 0.929 bits per heavy atom. The van der Waals surface area contributed by atoms with E-state index in [2.05, 4.69) is 30.3 Å². The number of anilines is 3. The van der Waals surface area contributed by atoms with Crippen LogP contribution in [-0.4, -0.2) is 36.5 Å². The van der Waals surface area contributed by atoms with Crippen molar-refractivity contribution in [2.24, 2.45) is 0 Å². The van der Waals surface area contributed by atoms with E-state index >= 15 is 0 Å². The van der Waals surface area contributed by atoms with Crippen LogP contribution in [0.3, 0.4) is 0 Å². The van der Waals surface area contributed by atoms with Crippen molar-refractivity contribution in [3.8, 4) is 0 Å². The van der Waals surface area contributed by atoms with Crippen molar-refractivity contribution < 1.29 is 12.8 Å². The number of aryl methyl sites for hydroxylation is 1. The van der Waals surface area contributed by atoms with Gasteiger partial charge in [0.05, 0.1) is 4.90 Å². The van der Waals surface area contributed by atoms with Crippen LogP contribution in [-0.2, 0) is 10.0 Å². The predicted molar refractivity (Wildman–Crippen MR) is 104 cm³/mol. The summed E-state index contributed by atoms with van der Waals surface area (Å²) in [6.45, 7) is 2.40. The third-order valence-corrected chi connectivity index (χ3v) is 5.16. The van der Waals surface area contributed by atoms with Gasteiger partial charge in [-0.3, -0.25) is 0 Å². The van der Waals surface area contributed by atoms with Gasteiger partial charge in [0, 0.05) is 25.4 Å². The van der Waals surface area contributed by atoms with E-state index in [0.717, 1.165) is 17.7 Å². The molecule has 0 saturated carbocycles. The molecule has 0 amide bonds. The normalized spacial score (nSPS) is 11.2. The standard InChI is InChI=1S/C18H19FN6O2S/c1-13-6-7-20-17(10-13)25-18-11-16(22-12-23-18)21-8-9-24-28(26,27)15-4-2-14(19)3-5-15/h2-7,10-12,24H,8-9H2,1H3,(H2,20,21,22,23,25). The highest BCUT2D eigenvalue weighted by molar-refractivity contribution is 7.89. The summed E-state index contributed by atoms with van der Waals surface area (Å²) >= 11 is 0. The molecular weight excluding hydrogens is 383 g/mol. The molecule has 3 N–H and O–H groups in total. The number of hydrogen-bond donors (Lipinski definition) is 3. The highest BCUT2D eigenvalue weighted by Crippen LogP contribution is 2.15. The van der Waals surface area contributed by atoms with Crippen molar-refractivity contribution in [3.05, 3.63) is 66.4 Å². The van der Waals surface area contributed by atoms with E-state index in [0.29, 0.717) is 24.0 Å². The lowest BCUT2D eigenvalue weighted by Crippen LogP contribution is -2.29. The van der Waals surface area contributed by atoms with Gasteiger partial charge in [0.2, 0.25) is 10.0 Å². The molecule has 0 aliphatic carbocycles. The zero-order valence-electron chi connectivity index (χ0n) is 15.1. The maximum Gasteiger partial charge on any atom is 0.240 e. The first-order valence-corrected chi connectivity index (χ1v) is 9.91. The van der Waals surface area contributed by atoms with E-state index in [1.54, 1.807) is 12.3 Å². The van der Waals surface area contributed by atoms with Crippen molar-refractivity contribution in [1.29, 1.82) is 0 Å². The van der Waals surface area contributed by atoms with Gasteiger partial charge in [-0.2, -0.15) is 0 Å². The summed E-state index contributed by atoms with van der Waals surface area (Å²) in [5.41, 5.74) is 1.07. The molecule has 0 fully saturated rings. The van der Waals surface area contributed by atoms with Crippen molar-refractivity contribution in [3.63, 3.8) is 0 Å². The first-order chi connectivity index (χ1) is 13.4. The first-order valence-electron chi connectivity index (χ1n) is 8.43. The lowest BCUT2D eigenvalue weighted by molar-refractivity contribution is 0.582. The lowest BCUT2D eigenvalue weighted by atomic mass is 10.3. The van der Waals surface area contributed by atoms with Crippen LogP contribution < -0.4 is 15.4 Å². The molecule has 3 rings (SSSR count). The van der Waals surface area contributed by atoms with Gasteiger partial charge in [0.25, 0.3) is 0 Å². The Balaban J connectivity index is 1.53. The van der Waals surface area contributed by atoms with Gasteiger partial charge in [0.15, 0.2) is 0 Å². The van der Waals surface area contributed by atoms with Gasteiger partial charge in [-0.05, 0) is 48.9 Å². The fourth-order valence-corrected chi connectivity index (χ4v) is 3.36. The summed E-state index contributed by atoms with van der Waals surface area (Å²) in [6.07, 6.45) is 3.09. The van der Waals surface area contributed by atoms with Crippen LogP contribution in [0.15, 0.2) is 59.9 Å². The smallest absolute Gasteiger partial charge is 0.240 e. The van der Waals surface area contributed by atoms with Crippen LogP contribution in [0.5, 0.6) is 0 Å². The van der Waals surface area contributed by atoms with Crippen molar-refractivity contribution in [1.82, 2.24) is 19.7 Å². The minimum atomic E-state index is -3.69. The molecule has 0 aliphatic heterocycles. The van der Waals surface area contributed by atoms with Gasteiger partial charge >= 0.3 is 0 Å². The molecule has 0 aliphatic rings. The van der Waals surface area contributed by atoms with Crippen LogP contribution in [0.4, 0.5) is 21.8 Å². The molecule has 28 heavy (non-hydrogen) atoms. The summed E-state index contributed by atoms with van der Waals surface area (Å²) in [5, 5.41) is 6.10. The average Bonchev–Trinajstić information content (AvgIpc) is 2.66. The minimum Gasteiger partial charge on any atom is -0.369 e. The predicted octanol–water partition coefficient (Wildman–Crippen LogP) is 2.45. The molecule has 10 heteroatoms. The monoisotopic (exact) mass is 402 g/mol.